The van der Waals surface area contributed by atoms with Crippen LogP contribution < -0.4 is 0 Å². The maximum atomic E-state index is 3.94. The summed E-state index contributed by atoms with van der Waals surface area (Å²) in [4.78, 5) is 0. The van der Waals surface area contributed by atoms with Gasteiger partial charge in [0.2, 0.25) is 0 Å². The second-order valence-corrected chi connectivity index (χ2v) is 7.85. The topological polar surface area (TPSA) is 0 Å². The molecule has 0 amide bonds. The van der Waals surface area contributed by atoms with E-state index in [9.17, 15) is 0 Å². The van der Waals surface area contributed by atoms with Crippen LogP contribution in [0.5, 0.6) is 0 Å². The van der Waals surface area contributed by atoms with Crippen molar-refractivity contribution in [1.29, 1.82) is 0 Å². The Kier molecular flexibility index (Phi) is 4.07. The van der Waals surface area contributed by atoms with Gasteiger partial charge in [-0.15, -0.1) is 5.73 Å². The van der Waals surface area contributed by atoms with Gasteiger partial charge in [-0.1, -0.05) is 104 Å². The SMILES string of the molecule is C(=C(c1ccccc1)c1ccccc1)=C1C(c2ccccc2)C12CCCC2. The molecule has 0 N–H and O–H groups in total. The molecule has 1 unspecified atom stereocenters. The first kappa shape index (κ1) is 16.4. The maximum absolute atomic E-state index is 3.94. The van der Waals surface area contributed by atoms with Gasteiger partial charge in [0.1, 0.15) is 0 Å². The van der Waals surface area contributed by atoms with Gasteiger partial charge in [0.15, 0.2) is 0 Å². The Balaban J connectivity index is 1.71. The van der Waals surface area contributed by atoms with Gasteiger partial charge in [-0.25, -0.2) is 0 Å². The number of hydrogen-bond acceptors (Lipinski definition) is 0. The zero-order valence-electron chi connectivity index (χ0n) is 15.6. The molecule has 5 rings (SSSR count). The van der Waals surface area contributed by atoms with Crippen LogP contribution in [-0.4, -0.2) is 0 Å². The van der Waals surface area contributed by atoms with E-state index in [-0.39, 0.29) is 0 Å². The summed E-state index contributed by atoms with van der Waals surface area (Å²) in [6.45, 7) is 0. The summed E-state index contributed by atoms with van der Waals surface area (Å²) in [5, 5.41) is 0. The molecule has 1 spiro atoms. The van der Waals surface area contributed by atoms with Gasteiger partial charge in [-0.2, -0.15) is 0 Å². The molecule has 2 aliphatic rings. The van der Waals surface area contributed by atoms with Crippen LogP contribution in [0.25, 0.3) is 5.57 Å². The minimum Gasteiger partial charge on any atom is -0.111 e. The first-order valence-electron chi connectivity index (χ1n) is 10.1. The minimum absolute atomic E-state index is 0.357. The summed E-state index contributed by atoms with van der Waals surface area (Å²) in [6.07, 6.45) is 5.32. The van der Waals surface area contributed by atoms with E-state index in [1.165, 1.54) is 53.5 Å². The quantitative estimate of drug-likeness (QED) is 0.447. The third-order valence-electron chi connectivity index (χ3n) is 6.31. The number of benzene rings is 3. The Hall–Kier alpha value is -2.82. The summed E-state index contributed by atoms with van der Waals surface area (Å²) >= 11 is 0. The average Bonchev–Trinajstić information content (AvgIpc) is 3.07. The van der Waals surface area contributed by atoms with Crippen molar-refractivity contribution in [3.8, 4) is 0 Å². The lowest BCUT2D eigenvalue weighted by Gasteiger charge is -2.06. The van der Waals surface area contributed by atoms with E-state index in [2.05, 4.69) is 96.7 Å². The van der Waals surface area contributed by atoms with Gasteiger partial charge in [0.05, 0.1) is 0 Å². The first-order valence-corrected chi connectivity index (χ1v) is 10.1. The van der Waals surface area contributed by atoms with Crippen LogP contribution >= 0.6 is 0 Å². The van der Waals surface area contributed by atoms with Gasteiger partial charge in [0.25, 0.3) is 0 Å². The van der Waals surface area contributed by atoms with Crippen molar-refractivity contribution in [3.05, 3.63) is 119 Å². The van der Waals surface area contributed by atoms with Crippen molar-refractivity contribution < 1.29 is 0 Å². The molecule has 0 saturated heterocycles. The molecule has 3 aromatic carbocycles. The molecular weight excluding hydrogens is 324 g/mol. The first-order chi connectivity index (χ1) is 13.4. The van der Waals surface area contributed by atoms with Gasteiger partial charge in [-0.3, -0.25) is 0 Å². The Morgan fingerprint density at radius 2 is 1.15 bits per heavy atom. The Bertz CT molecular complexity index is 942. The van der Waals surface area contributed by atoms with E-state index in [1.54, 1.807) is 0 Å². The molecule has 2 aliphatic carbocycles. The monoisotopic (exact) mass is 348 g/mol. The second-order valence-electron chi connectivity index (χ2n) is 7.85. The number of hydrogen-bond donors (Lipinski definition) is 0. The largest absolute Gasteiger partial charge is 0.111 e. The van der Waals surface area contributed by atoms with E-state index >= 15 is 0 Å². The Morgan fingerprint density at radius 3 is 1.67 bits per heavy atom. The van der Waals surface area contributed by atoms with Crippen LogP contribution in [0, 0.1) is 5.41 Å². The minimum atomic E-state index is 0.357. The standard InChI is InChI=1S/C27H24/c1-4-12-21(13-5-1)24(22-14-6-2-7-15-22)20-25-26(23-16-8-3-9-17-23)27(25)18-10-11-19-27/h1-9,12-17,26H,10-11,18-19H2. The zero-order chi connectivity index (χ0) is 18.1. The molecule has 132 valence electrons. The number of allylic oxidation sites excluding steroid dienone is 1. The highest BCUT2D eigenvalue weighted by Crippen LogP contribution is 2.71. The van der Waals surface area contributed by atoms with E-state index in [0.29, 0.717) is 11.3 Å². The summed E-state index contributed by atoms with van der Waals surface area (Å²) in [5.74, 6) is 0.545. The Morgan fingerprint density at radius 1 is 0.667 bits per heavy atom. The average molecular weight is 348 g/mol. The molecule has 0 nitrogen and oxygen atoms in total. The van der Waals surface area contributed by atoms with Crippen LogP contribution in [-0.2, 0) is 0 Å². The lowest BCUT2D eigenvalue weighted by molar-refractivity contribution is 0.532. The van der Waals surface area contributed by atoms with Crippen molar-refractivity contribution in [2.24, 2.45) is 5.41 Å². The molecule has 2 fully saturated rings. The molecule has 2 saturated carbocycles. The fraction of sp³-hybridized carbons (Fsp3) is 0.222. The lowest BCUT2D eigenvalue weighted by Crippen LogP contribution is -1.95. The molecule has 1 atom stereocenters. The highest BCUT2D eigenvalue weighted by atomic mass is 14.6. The van der Waals surface area contributed by atoms with Crippen LogP contribution in [0.2, 0.25) is 0 Å². The maximum Gasteiger partial charge on any atom is 0.0309 e. The summed E-state index contributed by atoms with van der Waals surface area (Å²) in [5.41, 5.74) is 11.0. The molecule has 0 heterocycles. The lowest BCUT2D eigenvalue weighted by atomic mass is 9.97. The van der Waals surface area contributed by atoms with Crippen LogP contribution in [0.15, 0.2) is 102 Å². The molecule has 0 radical (unpaired) electrons. The second kappa shape index (κ2) is 6.72. The highest BCUT2D eigenvalue weighted by molar-refractivity contribution is 5.80. The van der Waals surface area contributed by atoms with Crippen LogP contribution in [0.4, 0.5) is 0 Å². The normalized spacial score (nSPS) is 19.7. The molecule has 0 aromatic heterocycles. The Labute approximate surface area is 161 Å². The van der Waals surface area contributed by atoms with E-state index in [0.717, 1.165) is 0 Å². The molecule has 0 aliphatic heterocycles. The highest BCUT2D eigenvalue weighted by Gasteiger charge is 2.61. The summed E-state index contributed by atoms with van der Waals surface area (Å²) in [6, 6.07) is 32.5. The zero-order valence-corrected chi connectivity index (χ0v) is 15.6. The van der Waals surface area contributed by atoms with Crippen molar-refractivity contribution >= 4 is 5.57 Å². The van der Waals surface area contributed by atoms with Crippen LogP contribution in [0.3, 0.4) is 0 Å². The third kappa shape index (κ3) is 2.87. The predicted molar refractivity (Wildman–Crippen MR) is 113 cm³/mol. The van der Waals surface area contributed by atoms with Crippen molar-refractivity contribution in [2.75, 3.05) is 0 Å². The van der Waals surface area contributed by atoms with Gasteiger partial charge in [-0.05, 0) is 35.1 Å². The predicted octanol–water partition coefficient (Wildman–Crippen LogP) is 7.00. The van der Waals surface area contributed by atoms with Gasteiger partial charge in [0, 0.05) is 16.9 Å². The molecule has 27 heavy (non-hydrogen) atoms. The molecular formula is C27H24. The summed E-state index contributed by atoms with van der Waals surface area (Å²) < 4.78 is 0. The van der Waals surface area contributed by atoms with E-state index in [1.807, 2.05) is 0 Å². The number of rotatable bonds is 3. The van der Waals surface area contributed by atoms with Gasteiger partial charge < -0.3 is 0 Å². The van der Waals surface area contributed by atoms with E-state index < -0.39 is 0 Å². The smallest absolute Gasteiger partial charge is 0.0309 e. The van der Waals surface area contributed by atoms with E-state index in [4.69, 9.17) is 0 Å². The van der Waals surface area contributed by atoms with Crippen molar-refractivity contribution in [1.82, 2.24) is 0 Å². The molecule has 0 heteroatoms. The van der Waals surface area contributed by atoms with Gasteiger partial charge >= 0.3 is 0 Å². The van der Waals surface area contributed by atoms with Crippen molar-refractivity contribution in [3.63, 3.8) is 0 Å². The molecule has 3 aromatic rings. The van der Waals surface area contributed by atoms with Crippen molar-refractivity contribution in [2.45, 2.75) is 31.6 Å². The third-order valence-corrected chi connectivity index (χ3v) is 6.31. The summed E-state index contributed by atoms with van der Waals surface area (Å²) in [7, 11) is 0. The fourth-order valence-electron chi connectivity index (χ4n) is 4.97. The fourth-order valence-corrected chi connectivity index (χ4v) is 4.97. The van der Waals surface area contributed by atoms with Crippen LogP contribution in [0.1, 0.15) is 48.3 Å². The molecule has 0 bridgehead atoms.